The summed E-state index contributed by atoms with van der Waals surface area (Å²) >= 11 is 4.32. The fourth-order valence-corrected chi connectivity index (χ4v) is 2.26. The number of thiol groups is 1. The Bertz CT molecular complexity index is 734. The third-order valence-corrected chi connectivity index (χ3v) is 3.23. The Hall–Kier alpha value is -1.81. The van der Waals surface area contributed by atoms with Crippen LogP contribution in [0.25, 0.3) is 22.4 Å². The smallest absolute Gasteiger partial charge is 0.140 e. The van der Waals surface area contributed by atoms with Crippen LogP contribution in [-0.2, 0) is 7.05 Å². The van der Waals surface area contributed by atoms with Gasteiger partial charge >= 0.3 is 0 Å². The van der Waals surface area contributed by atoms with Gasteiger partial charge in [0.2, 0.25) is 0 Å². The first-order chi connectivity index (χ1) is 8.65. The summed E-state index contributed by atoms with van der Waals surface area (Å²) in [5, 5.41) is 0. The molecule has 0 fully saturated rings. The van der Waals surface area contributed by atoms with Crippen LogP contribution in [0.4, 0.5) is 4.39 Å². The standard InChI is InChI=1S/C14H11FN2S/c1-17-13-8-11(18)5-6-12(13)16-14(17)9-3-2-4-10(15)7-9/h2-8,18H,1H3. The highest BCUT2D eigenvalue weighted by Crippen LogP contribution is 2.25. The Morgan fingerprint density at radius 1 is 1.17 bits per heavy atom. The molecule has 0 N–H and O–H groups in total. The van der Waals surface area contributed by atoms with E-state index in [1.807, 2.05) is 35.9 Å². The topological polar surface area (TPSA) is 17.8 Å². The fourth-order valence-electron chi connectivity index (χ4n) is 2.06. The fraction of sp³-hybridized carbons (Fsp3) is 0.0714. The van der Waals surface area contributed by atoms with E-state index < -0.39 is 0 Å². The minimum Gasteiger partial charge on any atom is -0.327 e. The first-order valence-electron chi connectivity index (χ1n) is 5.56. The monoisotopic (exact) mass is 258 g/mol. The van der Waals surface area contributed by atoms with E-state index in [2.05, 4.69) is 17.6 Å². The van der Waals surface area contributed by atoms with Crippen LogP contribution in [0, 0.1) is 5.82 Å². The Kier molecular flexibility index (Phi) is 2.59. The lowest BCUT2D eigenvalue weighted by Crippen LogP contribution is -1.92. The summed E-state index contributed by atoms with van der Waals surface area (Å²) < 4.78 is 15.2. The summed E-state index contributed by atoms with van der Waals surface area (Å²) in [5.41, 5.74) is 2.64. The maximum absolute atomic E-state index is 13.3. The van der Waals surface area contributed by atoms with Gasteiger partial charge in [0.1, 0.15) is 11.6 Å². The van der Waals surface area contributed by atoms with E-state index >= 15 is 0 Å². The van der Waals surface area contributed by atoms with Crippen molar-refractivity contribution in [2.75, 3.05) is 0 Å². The molecule has 0 amide bonds. The number of imidazole rings is 1. The number of nitrogens with zero attached hydrogens (tertiary/aromatic N) is 2. The van der Waals surface area contributed by atoms with E-state index in [1.54, 1.807) is 6.07 Å². The van der Waals surface area contributed by atoms with E-state index in [4.69, 9.17) is 0 Å². The molecule has 0 aliphatic heterocycles. The SMILES string of the molecule is Cn1c(-c2cccc(F)c2)nc2ccc(S)cc21. The van der Waals surface area contributed by atoms with E-state index in [0.717, 1.165) is 27.3 Å². The van der Waals surface area contributed by atoms with Crippen LogP contribution < -0.4 is 0 Å². The molecule has 90 valence electrons. The van der Waals surface area contributed by atoms with Gasteiger partial charge in [0.15, 0.2) is 0 Å². The molecule has 0 bridgehead atoms. The molecule has 0 atom stereocenters. The summed E-state index contributed by atoms with van der Waals surface area (Å²) in [6, 6.07) is 12.2. The van der Waals surface area contributed by atoms with Gasteiger partial charge in [-0.1, -0.05) is 12.1 Å². The molecule has 1 aromatic heterocycles. The van der Waals surface area contributed by atoms with E-state index in [-0.39, 0.29) is 5.82 Å². The largest absolute Gasteiger partial charge is 0.327 e. The number of aryl methyl sites for hydroxylation is 1. The molecule has 4 heteroatoms. The molecule has 2 aromatic carbocycles. The number of halogens is 1. The molecule has 3 aromatic rings. The Labute approximate surface area is 109 Å². The second kappa shape index (κ2) is 4.14. The first kappa shape index (κ1) is 11.3. The number of rotatable bonds is 1. The van der Waals surface area contributed by atoms with Crippen LogP contribution in [0.5, 0.6) is 0 Å². The lowest BCUT2D eigenvalue weighted by Gasteiger charge is -2.02. The van der Waals surface area contributed by atoms with Crippen molar-refractivity contribution < 1.29 is 4.39 Å². The molecule has 2 nitrogen and oxygen atoms in total. The molecule has 18 heavy (non-hydrogen) atoms. The molecular formula is C14H11FN2S. The highest BCUT2D eigenvalue weighted by Gasteiger charge is 2.10. The van der Waals surface area contributed by atoms with Gasteiger partial charge in [-0.3, -0.25) is 0 Å². The third kappa shape index (κ3) is 1.78. The van der Waals surface area contributed by atoms with Crippen LogP contribution in [0.3, 0.4) is 0 Å². The van der Waals surface area contributed by atoms with E-state index in [1.165, 1.54) is 12.1 Å². The van der Waals surface area contributed by atoms with Crippen molar-refractivity contribution >= 4 is 23.7 Å². The van der Waals surface area contributed by atoms with Crippen LogP contribution in [-0.4, -0.2) is 9.55 Å². The van der Waals surface area contributed by atoms with Crippen molar-refractivity contribution in [1.82, 2.24) is 9.55 Å². The molecule has 0 saturated heterocycles. The number of aromatic nitrogens is 2. The average Bonchev–Trinajstić information content (AvgIpc) is 2.67. The van der Waals surface area contributed by atoms with Crippen LogP contribution in [0.15, 0.2) is 47.4 Å². The highest BCUT2D eigenvalue weighted by atomic mass is 32.1. The molecule has 3 rings (SSSR count). The van der Waals surface area contributed by atoms with Gasteiger partial charge in [0.05, 0.1) is 11.0 Å². The second-order valence-electron chi connectivity index (χ2n) is 4.18. The van der Waals surface area contributed by atoms with Crippen LogP contribution in [0.1, 0.15) is 0 Å². The van der Waals surface area contributed by atoms with Crippen molar-refractivity contribution in [2.24, 2.45) is 7.05 Å². The van der Waals surface area contributed by atoms with Gasteiger partial charge in [-0.05, 0) is 30.3 Å². The summed E-state index contributed by atoms with van der Waals surface area (Å²) in [4.78, 5) is 5.41. The first-order valence-corrected chi connectivity index (χ1v) is 6.01. The van der Waals surface area contributed by atoms with E-state index in [9.17, 15) is 4.39 Å². The van der Waals surface area contributed by atoms with E-state index in [0.29, 0.717) is 0 Å². The third-order valence-electron chi connectivity index (χ3n) is 2.95. The summed E-state index contributed by atoms with van der Waals surface area (Å²) in [5.74, 6) is 0.498. The summed E-state index contributed by atoms with van der Waals surface area (Å²) in [7, 11) is 1.92. The minimum atomic E-state index is -0.255. The lowest BCUT2D eigenvalue weighted by atomic mass is 10.2. The highest BCUT2D eigenvalue weighted by molar-refractivity contribution is 7.80. The zero-order valence-corrected chi connectivity index (χ0v) is 10.7. The lowest BCUT2D eigenvalue weighted by molar-refractivity contribution is 0.628. The van der Waals surface area contributed by atoms with Crippen molar-refractivity contribution in [3.8, 4) is 11.4 Å². The summed E-state index contributed by atoms with van der Waals surface area (Å²) in [6.45, 7) is 0. The molecule has 0 aliphatic carbocycles. The maximum atomic E-state index is 13.3. The Morgan fingerprint density at radius 3 is 2.78 bits per heavy atom. The molecule has 0 aliphatic rings. The molecule has 0 unspecified atom stereocenters. The predicted molar refractivity (Wildman–Crippen MR) is 73.4 cm³/mol. The number of fused-ring (bicyclic) bond motifs is 1. The molecule has 0 saturated carbocycles. The van der Waals surface area contributed by atoms with Gasteiger partial charge in [0, 0.05) is 17.5 Å². The molecule has 1 heterocycles. The number of benzene rings is 2. The van der Waals surface area contributed by atoms with Crippen molar-refractivity contribution in [1.29, 1.82) is 0 Å². The van der Waals surface area contributed by atoms with Crippen molar-refractivity contribution in [2.45, 2.75) is 4.90 Å². The van der Waals surface area contributed by atoms with Gasteiger partial charge in [0.25, 0.3) is 0 Å². The predicted octanol–water partition coefficient (Wildman–Crippen LogP) is 3.67. The zero-order valence-electron chi connectivity index (χ0n) is 9.76. The van der Waals surface area contributed by atoms with Gasteiger partial charge in [-0.2, -0.15) is 0 Å². The zero-order chi connectivity index (χ0) is 12.7. The molecule has 0 radical (unpaired) electrons. The molecule has 0 spiro atoms. The summed E-state index contributed by atoms with van der Waals surface area (Å²) in [6.07, 6.45) is 0. The minimum absolute atomic E-state index is 0.255. The quantitative estimate of drug-likeness (QED) is 0.659. The van der Waals surface area contributed by atoms with Gasteiger partial charge in [-0.15, -0.1) is 12.6 Å². The van der Waals surface area contributed by atoms with Gasteiger partial charge in [-0.25, -0.2) is 9.37 Å². The Balaban J connectivity index is 2.27. The Morgan fingerprint density at radius 2 is 2.00 bits per heavy atom. The van der Waals surface area contributed by atoms with Gasteiger partial charge < -0.3 is 4.57 Å². The van der Waals surface area contributed by atoms with Crippen molar-refractivity contribution in [3.05, 3.63) is 48.3 Å². The normalized spacial score (nSPS) is 11.1. The maximum Gasteiger partial charge on any atom is 0.140 e. The van der Waals surface area contributed by atoms with Crippen LogP contribution in [0.2, 0.25) is 0 Å². The average molecular weight is 258 g/mol. The molecular weight excluding hydrogens is 247 g/mol. The number of hydrogen-bond acceptors (Lipinski definition) is 2. The van der Waals surface area contributed by atoms with Crippen molar-refractivity contribution in [3.63, 3.8) is 0 Å². The number of hydrogen-bond donors (Lipinski definition) is 1. The van der Waals surface area contributed by atoms with Crippen LogP contribution >= 0.6 is 12.6 Å². The second-order valence-corrected chi connectivity index (χ2v) is 4.69.